The molecule has 86 valence electrons. The molecule has 0 aromatic heterocycles. The molecule has 4 nitrogen and oxygen atoms in total. The van der Waals surface area contributed by atoms with Gasteiger partial charge in [-0.3, -0.25) is 0 Å². The summed E-state index contributed by atoms with van der Waals surface area (Å²) >= 11 is 0. The molecule has 0 saturated carbocycles. The van der Waals surface area contributed by atoms with E-state index in [1.54, 1.807) is 19.1 Å². The van der Waals surface area contributed by atoms with Crippen LogP contribution in [0.25, 0.3) is 0 Å². The number of sulfonamides is 1. The molecule has 0 atom stereocenters. The Morgan fingerprint density at radius 2 is 1.80 bits per heavy atom. The molecule has 0 heterocycles. The zero-order valence-electron chi connectivity index (χ0n) is 8.15. The Kier molecular flexibility index (Phi) is 5.32. The molecule has 1 N–H and O–H groups in total. The first-order valence-corrected chi connectivity index (χ1v) is 5.72. The van der Waals surface area contributed by atoms with Crippen LogP contribution in [0.4, 0.5) is 0 Å². The topological polar surface area (TPSA) is 55.4 Å². The molecule has 0 amide bonds. The Labute approximate surface area is 91.3 Å². The summed E-state index contributed by atoms with van der Waals surface area (Å²) in [7, 11) is -1.81. The molecule has 0 fully saturated rings. The van der Waals surface area contributed by atoms with Crippen molar-refractivity contribution in [2.24, 2.45) is 0 Å². The number of benzene rings is 1. The van der Waals surface area contributed by atoms with Crippen LogP contribution in [0.15, 0.2) is 29.2 Å². The van der Waals surface area contributed by atoms with Gasteiger partial charge < -0.3 is 4.74 Å². The lowest BCUT2D eigenvalue weighted by Gasteiger charge is -2.04. The molecular formula is C10H17NO3S. The van der Waals surface area contributed by atoms with E-state index in [1.807, 2.05) is 0 Å². The molecular weight excluding hydrogens is 214 g/mol. The highest BCUT2D eigenvalue weighted by molar-refractivity contribution is 7.89. The molecule has 0 aliphatic heterocycles. The zero-order chi connectivity index (χ0) is 10.6. The molecule has 1 aromatic carbocycles. The van der Waals surface area contributed by atoms with Gasteiger partial charge in [0.2, 0.25) is 10.0 Å². The average Bonchev–Trinajstić information content (AvgIpc) is 2.18. The maximum Gasteiger partial charge on any atom is 0.240 e. The van der Waals surface area contributed by atoms with Crippen LogP contribution in [-0.4, -0.2) is 22.1 Å². The minimum absolute atomic E-state index is 0. The summed E-state index contributed by atoms with van der Waals surface area (Å²) in [5, 5.41) is 0. The van der Waals surface area contributed by atoms with Gasteiger partial charge in [-0.05, 0) is 24.3 Å². The van der Waals surface area contributed by atoms with Crippen molar-refractivity contribution in [3.63, 3.8) is 0 Å². The maximum atomic E-state index is 11.5. The molecule has 0 bridgehead atoms. The molecule has 15 heavy (non-hydrogen) atoms. The van der Waals surface area contributed by atoms with Crippen LogP contribution in [0, 0.1) is 0 Å². The van der Waals surface area contributed by atoms with E-state index in [2.05, 4.69) is 4.72 Å². The van der Waals surface area contributed by atoms with Crippen molar-refractivity contribution in [3.8, 4) is 5.75 Å². The fourth-order valence-corrected chi connectivity index (χ4v) is 2.07. The van der Waals surface area contributed by atoms with E-state index in [0.717, 1.165) is 0 Å². The summed E-state index contributed by atoms with van der Waals surface area (Å²) in [6.07, 6.45) is 0. The van der Waals surface area contributed by atoms with E-state index in [1.165, 1.54) is 19.2 Å². The van der Waals surface area contributed by atoms with E-state index >= 15 is 0 Å². The smallest absolute Gasteiger partial charge is 0.240 e. The highest BCUT2D eigenvalue weighted by Crippen LogP contribution is 2.14. The SMILES string of the molecule is C.CCNS(=O)(=O)c1ccc(OC)cc1. The number of hydrogen-bond donors (Lipinski definition) is 1. The van der Waals surface area contributed by atoms with Gasteiger partial charge in [-0.25, -0.2) is 13.1 Å². The van der Waals surface area contributed by atoms with Crippen molar-refractivity contribution in [2.45, 2.75) is 19.2 Å². The highest BCUT2D eigenvalue weighted by Gasteiger charge is 2.11. The second-order valence-corrected chi connectivity index (χ2v) is 4.44. The second kappa shape index (κ2) is 5.72. The predicted molar refractivity (Wildman–Crippen MR) is 60.6 cm³/mol. The van der Waals surface area contributed by atoms with Gasteiger partial charge in [0.15, 0.2) is 0 Å². The van der Waals surface area contributed by atoms with Crippen molar-refractivity contribution in [3.05, 3.63) is 24.3 Å². The van der Waals surface area contributed by atoms with Crippen LogP contribution < -0.4 is 9.46 Å². The van der Waals surface area contributed by atoms with Crippen molar-refractivity contribution in [2.75, 3.05) is 13.7 Å². The Morgan fingerprint density at radius 1 is 1.27 bits per heavy atom. The van der Waals surface area contributed by atoms with Crippen LogP contribution >= 0.6 is 0 Å². The first-order valence-electron chi connectivity index (χ1n) is 4.24. The molecule has 1 aromatic rings. The minimum Gasteiger partial charge on any atom is -0.497 e. The van der Waals surface area contributed by atoms with E-state index < -0.39 is 10.0 Å². The molecule has 1 rings (SSSR count). The summed E-state index contributed by atoms with van der Waals surface area (Å²) in [5.74, 6) is 0.639. The van der Waals surface area contributed by atoms with E-state index in [0.29, 0.717) is 12.3 Å². The summed E-state index contributed by atoms with van der Waals surface area (Å²) < 4.78 is 30.3. The molecule has 0 aliphatic rings. The Hall–Kier alpha value is -1.07. The molecule has 5 heteroatoms. The summed E-state index contributed by atoms with van der Waals surface area (Å²) in [5.41, 5.74) is 0. The summed E-state index contributed by atoms with van der Waals surface area (Å²) in [4.78, 5) is 0.250. The number of methoxy groups -OCH3 is 1. The van der Waals surface area contributed by atoms with Gasteiger partial charge in [0.25, 0.3) is 0 Å². The maximum absolute atomic E-state index is 11.5. The zero-order valence-corrected chi connectivity index (χ0v) is 8.97. The van der Waals surface area contributed by atoms with Crippen molar-refractivity contribution >= 4 is 10.0 Å². The molecule has 0 saturated heterocycles. The van der Waals surface area contributed by atoms with Crippen LogP contribution in [0.3, 0.4) is 0 Å². The van der Waals surface area contributed by atoms with Crippen molar-refractivity contribution in [1.82, 2.24) is 4.72 Å². The van der Waals surface area contributed by atoms with E-state index in [9.17, 15) is 8.42 Å². The Bertz CT molecular complexity index is 384. The first-order chi connectivity index (χ1) is 6.60. The van der Waals surface area contributed by atoms with Gasteiger partial charge in [0.1, 0.15) is 5.75 Å². The van der Waals surface area contributed by atoms with Crippen LogP contribution in [0.5, 0.6) is 5.75 Å². The minimum atomic E-state index is -3.34. The van der Waals surface area contributed by atoms with Gasteiger partial charge >= 0.3 is 0 Å². The van der Waals surface area contributed by atoms with Crippen molar-refractivity contribution < 1.29 is 13.2 Å². The number of ether oxygens (including phenoxy) is 1. The van der Waals surface area contributed by atoms with Gasteiger partial charge in [-0.2, -0.15) is 0 Å². The summed E-state index contributed by atoms with van der Waals surface area (Å²) in [6.45, 7) is 2.12. The fraction of sp³-hybridized carbons (Fsp3) is 0.400. The lowest BCUT2D eigenvalue weighted by molar-refractivity contribution is 0.414. The Morgan fingerprint density at radius 3 is 2.20 bits per heavy atom. The summed E-state index contributed by atoms with van der Waals surface area (Å²) in [6, 6.07) is 6.25. The van der Waals surface area contributed by atoms with Gasteiger partial charge in [-0.15, -0.1) is 0 Å². The number of nitrogens with one attached hydrogen (secondary N) is 1. The third-order valence-electron chi connectivity index (χ3n) is 1.70. The van der Waals surface area contributed by atoms with E-state index in [4.69, 9.17) is 4.74 Å². The quantitative estimate of drug-likeness (QED) is 0.857. The normalized spacial score (nSPS) is 10.5. The average molecular weight is 231 g/mol. The highest BCUT2D eigenvalue weighted by atomic mass is 32.2. The molecule has 0 aliphatic carbocycles. The number of hydrogen-bond acceptors (Lipinski definition) is 3. The van der Waals surface area contributed by atoms with Gasteiger partial charge in [0.05, 0.1) is 12.0 Å². The second-order valence-electron chi connectivity index (χ2n) is 2.68. The van der Waals surface area contributed by atoms with Crippen molar-refractivity contribution in [1.29, 1.82) is 0 Å². The van der Waals surface area contributed by atoms with Gasteiger partial charge in [0, 0.05) is 6.54 Å². The lowest BCUT2D eigenvalue weighted by atomic mass is 10.3. The van der Waals surface area contributed by atoms with Gasteiger partial charge in [-0.1, -0.05) is 14.4 Å². The van der Waals surface area contributed by atoms with E-state index in [-0.39, 0.29) is 12.3 Å². The lowest BCUT2D eigenvalue weighted by Crippen LogP contribution is -2.22. The Balaban J connectivity index is 0.00000196. The molecule has 0 radical (unpaired) electrons. The van der Waals surface area contributed by atoms with Crippen LogP contribution in [0.2, 0.25) is 0 Å². The third kappa shape index (κ3) is 3.53. The largest absolute Gasteiger partial charge is 0.497 e. The third-order valence-corrected chi connectivity index (χ3v) is 3.27. The monoisotopic (exact) mass is 231 g/mol. The first kappa shape index (κ1) is 13.9. The fourth-order valence-electron chi connectivity index (χ4n) is 1.03. The standard InChI is InChI=1S/C9H13NO3S.CH4/c1-3-10-14(11,12)9-6-4-8(13-2)5-7-9;/h4-7,10H,3H2,1-2H3;1H4. The van der Waals surface area contributed by atoms with Crippen LogP contribution in [0.1, 0.15) is 14.4 Å². The number of rotatable bonds is 4. The predicted octanol–water partition coefficient (Wildman–Crippen LogP) is 1.63. The molecule has 0 unspecified atom stereocenters. The van der Waals surface area contributed by atoms with Crippen LogP contribution in [-0.2, 0) is 10.0 Å². The molecule has 0 spiro atoms.